The normalized spacial score (nSPS) is 12.5. The number of benzene rings is 2. The topological polar surface area (TPSA) is 9.23 Å². The van der Waals surface area contributed by atoms with E-state index >= 15 is 0 Å². The molecule has 1 heterocycles. The van der Waals surface area contributed by atoms with E-state index in [2.05, 4.69) is 30.3 Å². The minimum Gasteiger partial charge on any atom is -0.457 e. The maximum absolute atomic E-state index is 5.88. The van der Waals surface area contributed by atoms with Crippen LogP contribution < -0.4 is 9.16 Å². The van der Waals surface area contributed by atoms with Gasteiger partial charge < -0.3 is 4.74 Å². The largest absolute Gasteiger partial charge is 0.457 e. The number of hydrogen-bond acceptors (Lipinski definition) is 1. The van der Waals surface area contributed by atoms with Gasteiger partial charge in [-0.25, -0.2) is 0 Å². The van der Waals surface area contributed by atoms with E-state index in [4.69, 9.17) is 4.74 Å². The molecular weight excluding hydrogens is 199 g/mol. The second kappa shape index (κ2) is 3.41. The maximum Gasteiger partial charge on any atom is 0.259 e. The zero-order valence-electron chi connectivity index (χ0n) is 8.66. The third kappa shape index (κ3) is 1.47. The number of ether oxygens (including phenoxy) is 1. The van der Waals surface area contributed by atoms with Gasteiger partial charge in [-0.3, -0.25) is 0 Å². The molecule has 0 unspecified atom stereocenters. The highest BCUT2D eigenvalue weighted by molar-refractivity contribution is 6.33. The second-order valence-electron chi connectivity index (χ2n) is 3.94. The van der Waals surface area contributed by atoms with Gasteiger partial charge in [0, 0.05) is 6.42 Å². The van der Waals surface area contributed by atoms with Crippen LogP contribution >= 0.6 is 0 Å². The summed E-state index contributed by atoms with van der Waals surface area (Å²) in [6, 6.07) is 14.6. The molecule has 2 heteroatoms. The molecule has 1 aliphatic rings. The van der Waals surface area contributed by atoms with E-state index in [0.717, 1.165) is 34.2 Å². The first-order chi connectivity index (χ1) is 7.34. The van der Waals surface area contributed by atoms with Gasteiger partial charge in [0.1, 0.15) is 11.5 Å². The summed E-state index contributed by atoms with van der Waals surface area (Å²) in [5.41, 5.74) is 2.68. The van der Waals surface area contributed by atoms with E-state index in [-0.39, 0.29) is 0 Å². The lowest BCUT2D eigenvalue weighted by Crippen LogP contribution is -2.15. The summed E-state index contributed by atoms with van der Waals surface area (Å²) in [6.07, 6.45) is 1.02. The van der Waals surface area contributed by atoms with Gasteiger partial charge in [-0.1, -0.05) is 30.3 Å². The van der Waals surface area contributed by atoms with Gasteiger partial charge in [0.25, 0.3) is 16.3 Å². The highest BCUT2D eigenvalue weighted by Gasteiger charge is 2.16. The van der Waals surface area contributed by atoms with Gasteiger partial charge in [0.05, 0.1) is 0 Å². The third-order valence-corrected chi connectivity index (χ3v) is 3.86. The number of fused-ring (bicyclic) bond motifs is 2. The molecule has 0 atom stereocenters. The Morgan fingerprint density at radius 2 is 1.73 bits per heavy atom. The molecule has 2 aromatic carbocycles. The summed E-state index contributed by atoms with van der Waals surface area (Å²) in [6.45, 7) is 0. The summed E-state index contributed by atoms with van der Waals surface area (Å²) in [5, 5.41) is 0. The highest BCUT2D eigenvalue weighted by atomic mass is 27.0. The molecule has 0 saturated carbocycles. The van der Waals surface area contributed by atoms with E-state index in [1.54, 1.807) is 0 Å². The minimum atomic E-state index is 1.01. The highest BCUT2D eigenvalue weighted by Crippen LogP contribution is 2.34. The smallest absolute Gasteiger partial charge is 0.259 e. The van der Waals surface area contributed by atoms with Crippen molar-refractivity contribution in [3.8, 4) is 11.5 Å². The molecule has 0 saturated heterocycles. The van der Waals surface area contributed by atoms with E-state index in [1.165, 1.54) is 15.6 Å². The van der Waals surface area contributed by atoms with Crippen molar-refractivity contribution in [1.82, 2.24) is 0 Å². The van der Waals surface area contributed by atoms with Crippen LogP contribution in [-0.4, -0.2) is 16.3 Å². The van der Waals surface area contributed by atoms with Gasteiger partial charge in [-0.2, -0.15) is 0 Å². The van der Waals surface area contributed by atoms with Crippen molar-refractivity contribution in [2.24, 2.45) is 0 Å². The van der Waals surface area contributed by atoms with Crippen LogP contribution in [0, 0.1) is 0 Å². The fraction of sp³-hybridized carbons (Fsp3) is 0.0769. The molecule has 0 bridgehead atoms. The van der Waals surface area contributed by atoms with Crippen LogP contribution in [0.5, 0.6) is 11.5 Å². The number of hydrogen-bond donors (Lipinski definition) is 0. The van der Waals surface area contributed by atoms with Crippen LogP contribution in [0.15, 0.2) is 42.5 Å². The molecule has 0 aromatic heterocycles. The van der Waals surface area contributed by atoms with Crippen LogP contribution in [-0.2, 0) is 6.42 Å². The first-order valence-electron chi connectivity index (χ1n) is 5.19. The van der Waals surface area contributed by atoms with Crippen LogP contribution in [0.4, 0.5) is 0 Å². The van der Waals surface area contributed by atoms with E-state index in [9.17, 15) is 0 Å². The fourth-order valence-corrected chi connectivity index (χ4v) is 2.67. The first-order valence-corrected chi connectivity index (χ1v) is 6.19. The molecule has 15 heavy (non-hydrogen) atoms. The lowest BCUT2D eigenvalue weighted by molar-refractivity contribution is 0.461. The Morgan fingerprint density at radius 3 is 2.67 bits per heavy atom. The van der Waals surface area contributed by atoms with Crippen LogP contribution in [0.3, 0.4) is 0 Å². The molecule has 72 valence electrons. The Morgan fingerprint density at radius 1 is 0.933 bits per heavy atom. The van der Waals surface area contributed by atoms with E-state index in [0.29, 0.717) is 0 Å². The molecule has 0 radical (unpaired) electrons. The number of rotatable bonds is 0. The minimum absolute atomic E-state index is 1.01. The average Bonchev–Trinajstić information content (AvgIpc) is 2.27. The molecule has 0 aliphatic carbocycles. The Kier molecular flexibility index (Phi) is 2.06. The van der Waals surface area contributed by atoms with Gasteiger partial charge in [0.15, 0.2) is 0 Å². The zero-order chi connectivity index (χ0) is 10.3. The summed E-state index contributed by atoms with van der Waals surface area (Å²) in [5.74, 6) is 2.05. The third-order valence-electron chi connectivity index (χ3n) is 2.93. The summed E-state index contributed by atoms with van der Waals surface area (Å²) in [4.78, 5) is 0. The predicted octanol–water partition coefficient (Wildman–Crippen LogP) is 1.64. The second-order valence-corrected chi connectivity index (χ2v) is 5.02. The standard InChI is InChI=1S/C13H9O.Al.2H/c1-3-7-12-10(5-1)9-11-6-2-4-8-13(11)14-12;;;/h1-5,7-8H,9H2;;;. The predicted molar refractivity (Wildman–Crippen MR) is 63.9 cm³/mol. The van der Waals surface area contributed by atoms with Crippen molar-refractivity contribution in [3.63, 3.8) is 0 Å². The lowest BCUT2D eigenvalue weighted by atomic mass is 10.0. The van der Waals surface area contributed by atoms with E-state index in [1.807, 2.05) is 12.1 Å². The van der Waals surface area contributed by atoms with Crippen LogP contribution in [0.2, 0.25) is 0 Å². The molecule has 3 rings (SSSR count). The lowest BCUT2D eigenvalue weighted by Gasteiger charge is -2.21. The molecule has 1 aliphatic heterocycles. The van der Waals surface area contributed by atoms with Crippen molar-refractivity contribution in [2.75, 3.05) is 0 Å². The SMILES string of the molecule is [AlH2][c]1cccc2c1Cc1ccccc1O2. The van der Waals surface area contributed by atoms with Crippen molar-refractivity contribution in [3.05, 3.63) is 53.6 Å². The maximum atomic E-state index is 5.88. The Hall–Kier alpha value is -1.23. The summed E-state index contributed by atoms with van der Waals surface area (Å²) in [7, 11) is 0. The van der Waals surface area contributed by atoms with Gasteiger partial charge in [0.2, 0.25) is 0 Å². The monoisotopic (exact) mass is 210 g/mol. The molecule has 0 amide bonds. The quantitative estimate of drug-likeness (QED) is 0.512. The van der Waals surface area contributed by atoms with Gasteiger partial charge in [-0.05, 0) is 23.3 Å². The molecule has 0 spiro atoms. The summed E-state index contributed by atoms with van der Waals surface area (Å²) >= 11 is 1.08. The fourth-order valence-electron chi connectivity index (χ4n) is 2.06. The molecule has 1 nitrogen and oxygen atoms in total. The van der Waals surface area contributed by atoms with Crippen molar-refractivity contribution in [2.45, 2.75) is 6.42 Å². The first kappa shape index (κ1) is 9.03. The Balaban J connectivity index is 2.15. The van der Waals surface area contributed by atoms with Crippen molar-refractivity contribution in [1.29, 1.82) is 0 Å². The van der Waals surface area contributed by atoms with Crippen LogP contribution in [0.1, 0.15) is 11.1 Å². The molecule has 0 fully saturated rings. The molecule has 2 aromatic rings. The molecule has 0 N–H and O–H groups in total. The Labute approximate surface area is 97.1 Å². The number of para-hydroxylation sites is 1. The van der Waals surface area contributed by atoms with Crippen LogP contribution in [0.25, 0.3) is 0 Å². The van der Waals surface area contributed by atoms with Gasteiger partial charge in [-0.15, -0.1) is 4.43 Å². The van der Waals surface area contributed by atoms with Crippen molar-refractivity contribution >= 4 is 20.7 Å². The van der Waals surface area contributed by atoms with Gasteiger partial charge >= 0.3 is 0 Å². The zero-order valence-corrected chi connectivity index (χ0v) is 10.7. The average molecular weight is 210 g/mol. The Bertz CT molecular complexity index is 520. The summed E-state index contributed by atoms with van der Waals surface area (Å²) < 4.78 is 7.33. The van der Waals surface area contributed by atoms with Crippen molar-refractivity contribution < 1.29 is 4.74 Å². The molecular formula is C13H11AlO. The van der Waals surface area contributed by atoms with E-state index < -0.39 is 0 Å².